The quantitative estimate of drug-likeness (QED) is 0.0167. The molecule has 0 aromatic heterocycles. The van der Waals surface area contributed by atoms with Gasteiger partial charge in [0.1, 0.15) is 30.8 Å². The Labute approximate surface area is 637 Å². The van der Waals surface area contributed by atoms with Crippen molar-refractivity contribution < 1.29 is 76.5 Å². The number of esters is 1. The lowest BCUT2D eigenvalue weighted by molar-refractivity contribution is -0.149. The smallest absolute Gasteiger partial charge is 0.414 e. The Hall–Kier alpha value is -9.28. The first-order valence-electron chi connectivity index (χ1n) is 38.0. The predicted octanol–water partition coefficient (Wildman–Crippen LogP) is 7.20. The summed E-state index contributed by atoms with van der Waals surface area (Å²) in [4.78, 5) is 168. The van der Waals surface area contributed by atoms with Gasteiger partial charge in [0.2, 0.25) is 41.4 Å². The van der Waals surface area contributed by atoms with Crippen molar-refractivity contribution in [2.45, 2.75) is 213 Å². The Kier molecular flexibility index (Phi) is 37.1. The van der Waals surface area contributed by atoms with Gasteiger partial charge in [-0.3, -0.25) is 57.9 Å². The molecule has 8 N–H and O–H groups in total. The molecule has 1 fully saturated rings. The maximum atomic E-state index is 15.0. The third-order valence-electron chi connectivity index (χ3n) is 20.8. The molecule has 0 unspecified atom stereocenters. The number of hydrogen-bond donors (Lipinski definition) is 7. The number of nitrogens with two attached hydrogens (primary N) is 1. The third kappa shape index (κ3) is 26.5. The van der Waals surface area contributed by atoms with Crippen molar-refractivity contribution in [1.82, 2.24) is 46.2 Å². The van der Waals surface area contributed by atoms with Gasteiger partial charge in [-0.15, -0.1) is 0 Å². The van der Waals surface area contributed by atoms with Gasteiger partial charge in [0, 0.05) is 90.9 Å². The average molecular weight is 1510 g/mol. The molecule has 3 aromatic rings. The normalized spacial score (nSPS) is 16.3. The number of imide groups is 1. The molecular weight excluding hydrogens is 1380 g/mol. The number of urea groups is 1. The number of amides is 12. The zero-order chi connectivity index (χ0) is 79.9. The standard InChI is InChI=1S/C80H120N12O16/c1-16-52(8)70(63(105-13)48-67(96)91-45-26-30-62(91)72(106-14)53(9)73(97)85-61(78(102)107-15)47-55-27-21-19-22-28-55)90(12)77(101)69(51(6)7)87-76(100)71(57(17-2)18-3)88(10)46-42-54-34-38-59(39-35-54)89(11)80(104)108-49-56-32-36-58(37-33-56)83-74(98)60(29-25-43-82-79(81)103)84-75(99)68(50(4)5)86-64(93)31-23-20-24-44-92-65(94)40-41-66(92)95/h19,21-22,27-28,32-41,50-53,57,60-63,68-72H,16-18,20,23-26,29-31,42-49H2,1-15H3,(H,83,98)(H,84,99)(H,85,97)(H,86,93)(H,87,100)(H3,81,82,103)/t52-,53+,60-,61-,62-,63+,68-,69-,70-,71-,72+/m0/s1. The maximum Gasteiger partial charge on any atom is 0.414 e. The fourth-order valence-corrected chi connectivity index (χ4v) is 14.1. The summed E-state index contributed by atoms with van der Waals surface area (Å²) in [6, 6.07) is 17.1. The van der Waals surface area contributed by atoms with Crippen LogP contribution in [0.2, 0.25) is 0 Å². The van der Waals surface area contributed by atoms with Crippen LogP contribution in [-0.2, 0) is 86.3 Å². The Balaban J connectivity index is 1.16. The molecule has 11 atom stereocenters. The Morgan fingerprint density at radius 3 is 1.87 bits per heavy atom. The van der Waals surface area contributed by atoms with Gasteiger partial charge >= 0.3 is 18.1 Å². The monoisotopic (exact) mass is 1500 g/mol. The molecule has 12 amide bonds. The minimum atomic E-state index is -1.08. The zero-order valence-corrected chi connectivity index (χ0v) is 66.0. The maximum absolute atomic E-state index is 15.0. The van der Waals surface area contributed by atoms with Crippen LogP contribution in [0.1, 0.15) is 156 Å². The van der Waals surface area contributed by atoms with Gasteiger partial charge < -0.3 is 66.4 Å². The van der Waals surface area contributed by atoms with Crippen LogP contribution in [0.3, 0.4) is 0 Å². The number of primary amides is 1. The van der Waals surface area contributed by atoms with E-state index in [2.05, 4.69) is 31.9 Å². The van der Waals surface area contributed by atoms with Crippen LogP contribution in [-0.4, -0.2) is 214 Å². The van der Waals surface area contributed by atoms with Crippen molar-refractivity contribution in [1.29, 1.82) is 0 Å². The van der Waals surface area contributed by atoms with E-state index in [4.69, 9.17) is 24.7 Å². The Bertz CT molecular complexity index is 3460. The number of likely N-dealkylation sites (tertiary alicyclic amines) is 1. The molecule has 0 bridgehead atoms. The molecule has 3 aromatic carbocycles. The van der Waals surface area contributed by atoms with Crippen molar-refractivity contribution in [2.75, 3.05) is 78.9 Å². The fraction of sp³-hybridized carbons (Fsp3) is 0.600. The Morgan fingerprint density at radius 2 is 1.29 bits per heavy atom. The van der Waals surface area contributed by atoms with Gasteiger partial charge in [-0.05, 0) is 117 Å². The number of likely N-dealkylation sites (N-methyl/N-ethyl adjacent to an activating group) is 2. The topological polar surface area (TPSA) is 356 Å². The first-order valence-corrected chi connectivity index (χ1v) is 38.0. The average Bonchev–Trinajstić information content (AvgIpc) is 1.46. The number of ether oxygens (including phenoxy) is 4. The lowest BCUT2D eigenvalue weighted by atomic mass is 9.89. The second-order valence-corrected chi connectivity index (χ2v) is 29.1. The first-order chi connectivity index (χ1) is 51.4. The summed E-state index contributed by atoms with van der Waals surface area (Å²) >= 11 is 0. The molecule has 108 heavy (non-hydrogen) atoms. The van der Waals surface area contributed by atoms with Crippen molar-refractivity contribution in [3.05, 3.63) is 108 Å². The van der Waals surface area contributed by atoms with Gasteiger partial charge in [0.15, 0.2) is 0 Å². The molecule has 5 rings (SSSR count). The summed E-state index contributed by atoms with van der Waals surface area (Å²) in [5, 5.41) is 16.9. The number of unbranched alkanes of at least 4 members (excludes halogenated alkanes) is 2. The zero-order valence-electron chi connectivity index (χ0n) is 66.0. The van der Waals surface area contributed by atoms with Gasteiger partial charge in [0.25, 0.3) is 11.8 Å². The number of rotatable bonds is 45. The molecule has 0 aliphatic carbocycles. The number of benzene rings is 3. The van der Waals surface area contributed by atoms with Gasteiger partial charge in [-0.2, -0.15) is 0 Å². The summed E-state index contributed by atoms with van der Waals surface area (Å²) in [5.41, 5.74) is 8.62. The van der Waals surface area contributed by atoms with E-state index < -0.39 is 96.2 Å². The van der Waals surface area contributed by atoms with Crippen molar-refractivity contribution in [3.8, 4) is 0 Å². The van der Waals surface area contributed by atoms with Crippen LogP contribution in [0.15, 0.2) is 91.0 Å². The summed E-state index contributed by atoms with van der Waals surface area (Å²) < 4.78 is 22.9. The second kappa shape index (κ2) is 44.9. The van der Waals surface area contributed by atoms with Gasteiger partial charge in [0.05, 0.1) is 49.8 Å². The summed E-state index contributed by atoms with van der Waals surface area (Å²) in [6.07, 6.45) is 6.41. The summed E-state index contributed by atoms with van der Waals surface area (Å²) in [7, 11) is 9.53. The Morgan fingerprint density at radius 1 is 0.657 bits per heavy atom. The highest BCUT2D eigenvalue weighted by atomic mass is 16.6. The third-order valence-corrected chi connectivity index (χ3v) is 20.8. The molecule has 28 heteroatoms. The molecule has 28 nitrogen and oxygen atoms in total. The summed E-state index contributed by atoms with van der Waals surface area (Å²) in [6.45, 7) is 18.4. The number of methoxy groups -OCH3 is 3. The number of nitrogens with zero attached hydrogens (tertiary/aromatic N) is 5. The van der Waals surface area contributed by atoms with E-state index >= 15 is 4.79 Å². The van der Waals surface area contributed by atoms with Crippen molar-refractivity contribution in [3.63, 3.8) is 0 Å². The first kappa shape index (κ1) is 89.3. The van der Waals surface area contributed by atoms with E-state index in [0.717, 1.165) is 16.0 Å². The van der Waals surface area contributed by atoms with E-state index in [0.29, 0.717) is 87.8 Å². The van der Waals surface area contributed by atoms with E-state index in [1.165, 1.54) is 38.4 Å². The van der Waals surface area contributed by atoms with Crippen LogP contribution in [0, 0.1) is 29.6 Å². The largest absolute Gasteiger partial charge is 0.467 e. The van der Waals surface area contributed by atoms with Crippen LogP contribution >= 0.6 is 0 Å². The van der Waals surface area contributed by atoms with Crippen molar-refractivity contribution in [2.24, 2.45) is 35.3 Å². The number of nitrogens with one attached hydrogen (secondary N) is 6. The molecule has 1 saturated heterocycles. The summed E-state index contributed by atoms with van der Waals surface area (Å²) in [5.74, 6) is -5.68. The molecular formula is C80H120N12O16. The van der Waals surface area contributed by atoms with Crippen LogP contribution in [0.5, 0.6) is 0 Å². The van der Waals surface area contributed by atoms with Crippen LogP contribution < -0.4 is 42.5 Å². The highest BCUT2D eigenvalue weighted by molar-refractivity contribution is 6.12. The number of hydrogen-bond acceptors (Lipinski definition) is 17. The van der Waals surface area contributed by atoms with Crippen LogP contribution in [0.4, 0.5) is 21.0 Å². The fourth-order valence-electron chi connectivity index (χ4n) is 14.1. The van der Waals surface area contributed by atoms with Crippen molar-refractivity contribution >= 4 is 82.6 Å². The highest BCUT2D eigenvalue weighted by Crippen LogP contribution is 2.31. The second-order valence-electron chi connectivity index (χ2n) is 29.1. The minimum absolute atomic E-state index is 0.0550. The van der Waals surface area contributed by atoms with E-state index in [1.54, 1.807) is 68.9 Å². The van der Waals surface area contributed by atoms with Gasteiger partial charge in [-0.25, -0.2) is 14.4 Å². The lowest BCUT2D eigenvalue weighted by Gasteiger charge is -2.41. The molecule has 2 aliphatic heterocycles. The molecule has 0 saturated carbocycles. The predicted molar refractivity (Wildman–Crippen MR) is 411 cm³/mol. The molecule has 2 heterocycles. The molecule has 2 aliphatic rings. The highest BCUT2D eigenvalue weighted by Gasteiger charge is 2.44. The minimum Gasteiger partial charge on any atom is -0.467 e. The number of carbonyl (C=O) groups excluding carboxylic acids is 12. The van der Waals surface area contributed by atoms with Crippen LogP contribution in [0.25, 0.3) is 0 Å². The molecule has 596 valence electrons. The van der Waals surface area contributed by atoms with Gasteiger partial charge in [-0.1, -0.05) is 143 Å². The van der Waals surface area contributed by atoms with E-state index in [1.807, 2.05) is 108 Å². The van der Waals surface area contributed by atoms with E-state index in [9.17, 15) is 52.7 Å². The molecule has 0 spiro atoms. The number of carbonyl (C=O) groups is 12. The lowest BCUT2D eigenvalue weighted by Crippen LogP contribution is -2.60. The molecule has 0 radical (unpaired) electrons. The number of anilines is 2. The van der Waals surface area contributed by atoms with E-state index in [-0.39, 0.29) is 111 Å². The SMILES string of the molecule is CCC(CC)[C@@H](C(=O)N[C@H](C(=O)N(C)[C@@H]([C@@H](C)CC)[C@@H](CC(=O)N1CCC[C@H]1[C@H](OC)[C@@H](C)C(=O)N[C@@H](Cc1ccccc1)C(=O)OC)OC)C(C)C)N(C)CCc1ccc(N(C)C(=O)OCc2ccc(NC(=O)[C@H](CCCNC(N)=O)NC(=O)[C@@H](NC(=O)CCCCCN3C(=O)C=CC3=O)C(C)C)cc2)cc1.